The monoisotopic (exact) mass is 451 g/mol. The van der Waals surface area contributed by atoms with Crippen molar-refractivity contribution in [3.05, 3.63) is 95.0 Å². The molecule has 0 bridgehead atoms. The van der Waals surface area contributed by atoms with Crippen LogP contribution < -0.4 is 5.32 Å². The first-order valence-corrected chi connectivity index (χ1v) is 11.5. The molecule has 0 fully saturated rings. The van der Waals surface area contributed by atoms with Crippen LogP contribution in [-0.2, 0) is 12.0 Å². The van der Waals surface area contributed by atoms with Gasteiger partial charge in [0.05, 0.1) is 22.4 Å². The van der Waals surface area contributed by atoms with Crippen molar-refractivity contribution in [3.63, 3.8) is 0 Å². The van der Waals surface area contributed by atoms with Gasteiger partial charge in [-0.2, -0.15) is 0 Å². The summed E-state index contributed by atoms with van der Waals surface area (Å²) in [7, 11) is 0. The number of aromatic nitrogens is 4. The molecule has 170 valence electrons. The Balaban J connectivity index is 1.61. The Morgan fingerprint density at radius 1 is 1.00 bits per heavy atom. The fourth-order valence-electron chi connectivity index (χ4n) is 5.23. The minimum absolute atomic E-state index is 0.250. The van der Waals surface area contributed by atoms with Crippen LogP contribution in [0.15, 0.2) is 60.8 Å². The molecule has 3 heterocycles. The molecule has 1 aliphatic heterocycles. The summed E-state index contributed by atoms with van der Waals surface area (Å²) in [4.78, 5) is 3.35. The highest BCUT2D eigenvalue weighted by atomic mass is 19.1. The lowest BCUT2D eigenvalue weighted by atomic mass is 9.92. The zero-order valence-electron chi connectivity index (χ0n) is 19.7. The van der Waals surface area contributed by atoms with E-state index in [1.807, 2.05) is 57.3 Å². The first-order chi connectivity index (χ1) is 16.3. The van der Waals surface area contributed by atoms with Crippen molar-refractivity contribution < 1.29 is 4.39 Å². The van der Waals surface area contributed by atoms with Gasteiger partial charge in [0.2, 0.25) is 0 Å². The van der Waals surface area contributed by atoms with E-state index in [1.165, 1.54) is 0 Å². The molecule has 34 heavy (non-hydrogen) atoms. The van der Waals surface area contributed by atoms with Gasteiger partial charge in [0.1, 0.15) is 11.6 Å². The van der Waals surface area contributed by atoms with Gasteiger partial charge in [-0.25, -0.2) is 4.39 Å². The smallest absolute Gasteiger partial charge is 0.162 e. The summed E-state index contributed by atoms with van der Waals surface area (Å²) in [6.07, 6.45) is 2.61. The van der Waals surface area contributed by atoms with Crippen molar-refractivity contribution in [2.75, 3.05) is 5.32 Å². The number of fused-ring (bicyclic) bond motifs is 4. The molecule has 0 atom stereocenters. The lowest BCUT2D eigenvalue weighted by Crippen LogP contribution is -2.36. The molecule has 2 aromatic heterocycles. The van der Waals surface area contributed by atoms with E-state index < -0.39 is 5.54 Å². The third-order valence-corrected chi connectivity index (χ3v) is 6.85. The van der Waals surface area contributed by atoms with Gasteiger partial charge in [0.15, 0.2) is 5.82 Å². The Morgan fingerprint density at radius 2 is 1.79 bits per heavy atom. The van der Waals surface area contributed by atoms with E-state index in [4.69, 9.17) is 0 Å². The van der Waals surface area contributed by atoms with Crippen LogP contribution in [0.4, 0.5) is 10.1 Å². The van der Waals surface area contributed by atoms with Gasteiger partial charge >= 0.3 is 0 Å². The maximum atomic E-state index is 15.8. The first-order valence-electron chi connectivity index (χ1n) is 11.5. The normalized spacial score (nSPS) is 14.0. The van der Waals surface area contributed by atoms with Crippen LogP contribution in [0.25, 0.3) is 27.7 Å². The number of aromatic amines is 1. The minimum Gasteiger partial charge on any atom is -0.371 e. The molecule has 3 aromatic carbocycles. The molecule has 1 aliphatic rings. The highest BCUT2D eigenvalue weighted by molar-refractivity contribution is 5.98. The molecule has 0 saturated heterocycles. The molecule has 6 heteroatoms. The topological polar surface area (TPSA) is 58.5 Å². The Kier molecular flexibility index (Phi) is 4.43. The molecule has 5 aromatic rings. The summed E-state index contributed by atoms with van der Waals surface area (Å²) in [5, 5.41) is 13.8. The number of halogens is 1. The quantitative estimate of drug-likeness (QED) is 0.333. The maximum absolute atomic E-state index is 15.8. The number of H-pyrrole nitrogens is 1. The second-order valence-electron chi connectivity index (χ2n) is 9.64. The van der Waals surface area contributed by atoms with Gasteiger partial charge in [-0.3, -0.25) is 4.57 Å². The lowest BCUT2D eigenvalue weighted by molar-refractivity contribution is 0.531. The molecular formula is C28H26FN5. The zero-order valence-corrected chi connectivity index (χ0v) is 19.7. The maximum Gasteiger partial charge on any atom is 0.162 e. The molecule has 5 nitrogen and oxygen atoms in total. The largest absolute Gasteiger partial charge is 0.371 e. The molecule has 0 aliphatic carbocycles. The summed E-state index contributed by atoms with van der Waals surface area (Å²) in [6.45, 7) is 8.14. The summed E-state index contributed by atoms with van der Waals surface area (Å²) in [5.41, 5.74) is 6.70. The van der Waals surface area contributed by atoms with Gasteiger partial charge in [-0.15, -0.1) is 10.2 Å². The number of benzene rings is 3. The van der Waals surface area contributed by atoms with Gasteiger partial charge in [-0.1, -0.05) is 48.5 Å². The van der Waals surface area contributed by atoms with Gasteiger partial charge in [0, 0.05) is 29.1 Å². The lowest BCUT2D eigenvalue weighted by Gasteiger charge is -2.35. The Morgan fingerprint density at radius 3 is 2.59 bits per heavy atom. The van der Waals surface area contributed by atoms with Gasteiger partial charge in [-0.05, 0) is 50.5 Å². The predicted octanol–water partition coefficient (Wildman–Crippen LogP) is 6.42. The number of hydrogen-bond donors (Lipinski definition) is 2. The standard InChI is InChI=1S/C28H26FN5/c1-16-15-30-25-19(16)11-8-12-20(25)24-17(2)26-22(14-21(24)29)31-28(3,4)27-33-32-23(34(26)27)13-18-9-6-5-7-10-18/h5-12,14-15,30-31H,13H2,1-4H3. The third kappa shape index (κ3) is 2.98. The molecule has 0 amide bonds. The van der Waals surface area contributed by atoms with Crippen molar-refractivity contribution in [2.45, 2.75) is 39.7 Å². The van der Waals surface area contributed by atoms with E-state index in [9.17, 15) is 0 Å². The van der Waals surface area contributed by atoms with Crippen LogP contribution >= 0.6 is 0 Å². The number of aryl methyl sites for hydroxylation is 1. The van der Waals surface area contributed by atoms with Gasteiger partial charge < -0.3 is 10.3 Å². The molecule has 0 unspecified atom stereocenters. The SMILES string of the molecule is Cc1c(-c2cccc3c(C)c[nH]c23)c(F)cc2c1-n1c(Cc3ccccc3)nnc1C(C)(C)N2. The summed E-state index contributed by atoms with van der Waals surface area (Å²) >= 11 is 0. The van der Waals surface area contributed by atoms with Crippen LogP contribution in [0.3, 0.4) is 0 Å². The second-order valence-corrected chi connectivity index (χ2v) is 9.64. The molecule has 0 saturated carbocycles. The molecule has 2 N–H and O–H groups in total. The average molecular weight is 452 g/mol. The number of hydrogen-bond acceptors (Lipinski definition) is 3. The van der Waals surface area contributed by atoms with Crippen LogP contribution in [0, 0.1) is 19.7 Å². The third-order valence-electron chi connectivity index (χ3n) is 6.85. The minimum atomic E-state index is -0.494. The van der Waals surface area contributed by atoms with E-state index in [1.54, 1.807) is 6.07 Å². The number of nitrogens with zero attached hydrogens (tertiary/aromatic N) is 3. The fourth-order valence-corrected chi connectivity index (χ4v) is 5.23. The summed E-state index contributed by atoms with van der Waals surface area (Å²) < 4.78 is 17.9. The number of nitrogens with one attached hydrogen (secondary N) is 2. The van der Waals surface area contributed by atoms with Crippen molar-refractivity contribution in [3.8, 4) is 16.8 Å². The molecular weight excluding hydrogens is 425 g/mol. The Hall–Kier alpha value is -3.93. The van der Waals surface area contributed by atoms with Crippen LogP contribution in [0.5, 0.6) is 0 Å². The first kappa shape index (κ1) is 20.7. The van der Waals surface area contributed by atoms with E-state index in [-0.39, 0.29) is 5.82 Å². The Labute approximate surface area is 197 Å². The van der Waals surface area contributed by atoms with E-state index >= 15 is 4.39 Å². The van der Waals surface area contributed by atoms with E-state index in [0.29, 0.717) is 12.0 Å². The van der Waals surface area contributed by atoms with Crippen molar-refractivity contribution in [1.82, 2.24) is 19.7 Å². The van der Waals surface area contributed by atoms with E-state index in [0.717, 1.165) is 56.2 Å². The van der Waals surface area contributed by atoms with Crippen molar-refractivity contribution >= 4 is 16.6 Å². The van der Waals surface area contributed by atoms with Crippen molar-refractivity contribution in [2.24, 2.45) is 0 Å². The summed E-state index contributed by atoms with van der Waals surface area (Å²) in [6, 6.07) is 17.9. The van der Waals surface area contributed by atoms with Crippen molar-refractivity contribution in [1.29, 1.82) is 0 Å². The zero-order chi connectivity index (χ0) is 23.6. The van der Waals surface area contributed by atoms with Crippen LogP contribution in [-0.4, -0.2) is 19.7 Å². The second kappa shape index (κ2) is 7.29. The fraction of sp³-hybridized carbons (Fsp3) is 0.214. The molecule has 0 radical (unpaired) electrons. The number of para-hydroxylation sites is 1. The molecule has 6 rings (SSSR count). The summed E-state index contributed by atoms with van der Waals surface area (Å²) in [5.74, 6) is 1.41. The van der Waals surface area contributed by atoms with Crippen LogP contribution in [0.1, 0.15) is 42.2 Å². The highest BCUT2D eigenvalue weighted by Gasteiger charge is 2.37. The highest BCUT2D eigenvalue weighted by Crippen LogP contribution is 2.44. The number of anilines is 1. The predicted molar refractivity (Wildman–Crippen MR) is 134 cm³/mol. The van der Waals surface area contributed by atoms with E-state index in [2.05, 4.69) is 50.2 Å². The molecule has 0 spiro atoms. The van der Waals surface area contributed by atoms with Gasteiger partial charge in [0.25, 0.3) is 0 Å². The average Bonchev–Trinajstić information content (AvgIpc) is 3.39. The van der Waals surface area contributed by atoms with Crippen LogP contribution in [0.2, 0.25) is 0 Å². The number of rotatable bonds is 3. The Bertz CT molecular complexity index is 1560.